The number of carbonyl (C=O) groups excluding carboxylic acids is 1. The molecule has 130 valence electrons. The number of benzene rings is 2. The molecule has 2 heterocycles. The number of hydrogen-bond donors (Lipinski definition) is 1. The third-order valence-electron chi connectivity index (χ3n) is 4.58. The number of nitrogens with zero attached hydrogens (tertiary/aromatic N) is 2. The van der Waals surface area contributed by atoms with Gasteiger partial charge in [0.15, 0.2) is 0 Å². The summed E-state index contributed by atoms with van der Waals surface area (Å²) in [6.45, 7) is 1.82. The molecule has 1 aromatic heterocycles. The normalized spacial score (nSPS) is 13.2. The summed E-state index contributed by atoms with van der Waals surface area (Å²) in [5.41, 5.74) is 4.88. The summed E-state index contributed by atoms with van der Waals surface area (Å²) >= 11 is 5.86. The molecule has 0 saturated heterocycles. The van der Waals surface area contributed by atoms with Crippen molar-refractivity contribution < 1.29 is 4.79 Å². The number of halogens is 1. The topological polar surface area (TPSA) is 45.2 Å². The van der Waals surface area contributed by atoms with Crippen LogP contribution in [0.1, 0.15) is 21.6 Å². The lowest BCUT2D eigenvalue weighted by atomic mass is 10.00. The Morgan fingerprint density at radius 1 is 1.00 bits per heavy atom. The molecule has 1 N–H and O–H groups in total. The van der Waals surface area contributed by atoms with Crippen LogP contribution in [-0.2, 0) is 13.0 Å². The minimum Gasteiger partial charge on any atom is -0.366 e. The summed E-state index contributed by atoms with van der Waals surface area (Å²) in [5, 5.41) is 3.46. The summed E-state index contributed by atoms with van der Waals surface area (Å²) in [5.74, 6) is -0.233. The van der Waals surface area contributed by atoms with Gasteiger partial charge in [-0.05, 0) is 53.9 Å². The summed E-state index contributed by atoms with van der Waals surface area (Å²) < 4.78 is 0. The maximum absolute atomic E-state index is 12.3. The fraction of sp³-hybridized carbons (Fsp3) is 0.143. The molecule has 0 radical (unpaired) electrons. The van der Waals surface area contributed by atoms with Crippen LogP contribution in [0, 0.1) is 0 Å². The molecule has 0 fully saturated rings. The van der Waals surface area contributed by atoms with Gasteiger partial charge in [0.1, 0.15) is 5.69 Å². The number of carbonyl (C=O) groups is 1. The summed E-state index contributed by atoms with van der Waals surface area (Å²) in [7, 11) is 0. The van der Waals surface area contributed by atoms with E-state index in [0.29, 0.717) is 16.4 Å². The predicted molar refractivity (Wildman–Crippen MR) is 105 cm³/mol. The van der Waals surface area contributed by atoms with Crippen LogP contribution in [0.3, 0.4) is 0 Å². The van der Waals surface area contributed by atoms with E-state index in [2.05, 4.69) is 39.5 Å². The molecule has 0 bridgehead atoms. The molecule has 1 aliphatic heterocycles. The van der Waals surface area contributed by atoms with E-state index in [-0.39, 0.29) is 5.91 Å². The molecule has 2 aromatic carbocycles. The molecule has 0 aliphatic carbocycles. The van der Waals surface area contributed by atoms with Crippen LogP contribution in [0.15, 0.2) is 66.9 Å². The number of aromatic nitrogens is 1. The van der Waals surface area contributed by atoms with E-state index in [0.717, 1.165) is 25.2 Å². The van der Waals surface area contributed by atoms with Crippen molar-refractivity contribution in [1.29, 1.82) is 0 Å². The van der Waals surface area contributed by atoms with Crippen LogP contribution in [0.25, 0.3) is 0 Å². The molecular formula is C21H18ClN3O. The molecule has 1 aliphatic rings. The Kier molecular flexibility index (Phi) is 4.59. The van der Waals surface area contributed by atoms with E-state index in [1.165, 1.54) is 11.1 Å². The van der Waals surface area contributed by atoms with Crippen molar-refractivity contribution in [3.05, 3.63) is 88.7 Å². The molecule has 4 rings (SSSR count). The standard InChI is InChI=1S/C21H18ClN3O/c22-17-5-7-18(8-6-17)24-21(26)20-10-9-19(13-23-20)25-12-11-15-3-1-2-4-16(15)14-25/h1-10,13H,11-12,14H2,(H,24,26). The molecule has 5 heteroatoms. The Labute approximate surface area is 157 Å². The molecule has 0 atom stereocenters. The van der Waals surface area contributed by atoms with Crippen LogP contribution in [0.5, 0.6) is 0 Å². The fourth-order valence-corrected chi connectivity index (χ4v) is 3.28. The molecule has 0 unspecified atom stereocenters. The fourth-order valence-electron chi connectivity index (χ4n) is 3.15. The summed E-state index contributed by atoms with van der Waals surface area (Å²) in [6.07, 6.45) is 2.79. The second kappa shape index (κ2) is 7.18. The van der Waals surface area contributed by atoms with Crippen LogP contribution in [0.2, 0.25) is 5.02 Å². The highest BCUT2D eigenvalue weighted by atomic mass is 35.5. The van der Waals surface area contributed by atoms with Crippen LogP contribution in [-0.4, -0.2) is 17.4 Å². The lowest BCUT2D eigenvalue weighted by molar-refractivity contribution is 0.102. The van der Waals surface area contributed by atoms with Gasteiger partial charge in [0.2, 0.25) is 0 Å². The van der Waals surface area contributed by atoms with Gasteiger partial charge in [-0.2, -0.15) is 0 Å². The number of amides is 1. The zero-order chi connectivity index (χ0) is 17.9. The zero-order valence-corrected chi connectivity index (χ0v) is 14.9. The van der Waals surface area contributed by atoms with Crippen molar-refractivity contribution in [3.8, 4) is 0 Å². The second-order valence-electron chi connectivity index (χ2n) is 6.30. The third kappa shape index (κ3) is 3.55. The minimum atomic E-state index is -0.233. The molecule has 3 aromatic rings. The number of pyridine rings is 1. The minimum absolute atomic E-state index is 0.233. The van der Waals surface area contributed by atoms with Gasteiger partial charge >= 0.3 is 0 Å². The average molecular weight is 364 g/mol. The lowest BCUT2D eigenvalue weighted by Crippen LogP contribution is -2.30. The van der Waals surface area contributed by atoms with Crippen LogP contribution < -0.4 is 10.2 Å². The van der Waals surface area contributed by atoms with Crippen molar-refractivity contribution >= 4 is 28.9 Å². The number of fused-ring (bicyclic) bond motifs is 1. The zero-order valence-electron chi connectivity index (χ0n) is 14.2. The lowest BCUT2D eigenvalue weighted by Gasteiger charge is -2.30. The van der Waals surface area contributed by atoms with Crippen molar-refractivity contribution in [3.63, 3.8) is 0 Å². The Balaban J connectivity index is 1.45. The maximum Gasteiger partial charge on any atom is 0.274 e. The second-order valence-corrected chi connectivity index (χ2v) is 6.74. The van der Waals surface area contributed by atoms with Gasteiger partial charge < -0.3 is 10.2 Å². The molecule has 0 spiro atoms. The highest BCUT2D eigenvalue weighted by molar-refractivity contribution is 6.30. The monoisotopic (exact) mass is 363 g/mol. The Morgan fingerprint density at radius 3 is 2.50 bits per heavy atom. The van der Waals surface area contributed by atoms with Crippen LogP contribution >= 0.6 is 11.6 Å². The third-order valence-corrected chi connectivity index (χ3v) is 4.83. The molecule has 1 amide bonds. The molecule has 26 heavy (non-hydrogen) atoms. The van der Waals surface area contributed by atoms with Gasteiger partial charge in [-0.25, -0.2) is 4.98 Å². The SMILES string of the molecule is O=C(Nc1ccc(Cl)cc1)c1ccc(N2CCc3ccccc3C2)cn1. The highest BCUT2D eigenvalue weighted by Crippen LogP contribution is 2.24. The first-order chi connectivity index (χ1) is 12.7. The molecular weight excluding hydrogens is 346 g/mol. The first kappa shape index (κ1) is 16.6. The summed E-state index contributed by atoms with van der Waals surface area (Å²) in [6, 6.07) is 19.2. The Hall–Kier alpha value is -2.85. The number of anilines is 2. The van der Waals surface area contributed by atoms with Crippen molar-refractivity contribution in [1.82, 2.24) is 4.98 Å². The smallest absolute Gasteiger partial charge is 0.274 e. The van der Waals surface area contributed by atoms with E-state index >= 15 is 0 Å². The number of hydrogen-bond acceptors (Lipinski definition) is 3. The first-order valence-corrected chi connectivity index (χ1v) is 8.91. The Morgan fingerprint density at radius 2 is 1.77 bits per heavy atom. The molecule has 4 nitrogen and oxygen atoms in total. The van der Waals surface area contributed by atoms with Gasteiger partial charge in [-0.3, -0.25) is 4.79 Å². The maximum atomic E-state index is 12.3. The summed E-state index contributed by atoms with van der Waals surface area (Å²) in [4.78, 5) is 19.0. The van der Waals surface area contributed by atoms with Gasteiger partial charge in [-0.1, -0.05) is 35.9 Å². The predicted octanol–water partition coefficient (Wildman–Crippen LogP) is 4.55. The van der Waals surface area contributed by atoms with Gasteiger partial charge in [0.25, 0.3) is 5.91 Å². The molecule has 0 saturated carbocycles. The largest absolute Gasteiger partial charge is 0.366 e. The van der Waals surface area contributed by atoms with Gasteiger partial charge in [0, 0.05) is 23.8 Å². The number of nitrogens with one attached hydrogen (secondary N) is 1. The van der Waals surface area contributed by atoms with Gasteiger partial charge in [-0.15, -0.1) is 0 Å². The van der Waals surface area contributed by atoms with Crippen LogP contribution in [0.4, 0.5) is 11.4 Å². The van der Waals surface area contributed by atoms with Crippen molar-refractivity contribution in [2.24, 2.45) is 0 Å². The highest BCUT2D eigenvalue weighted by Gasteiger charge is 2.17. The van der Waals surface area contributed by atoms with E-state index in [1.54, 1.807) is 36.5 Å². The van der Waals surface area contributed by atoms with E-state index in [1.807, 2.05) is 6.07 Å². The number of rotatable bonds is 3. The van der Waals surface area contributed by atoms with Crippen molar-refractivity contribution in [2.45, 2.75) is 13.0 Å². The average Bonchev–Trinajstić information content (AvgIpc) is 2.69. The van der Waals surface area contributed by atoms with E-state index in [9.17, 15) is 4.79 Å². The van der Waals surface area contributed by atoms with E-state index in [4.69, 9.17) is 11.6 Å². The first-order valence-electron chi connectivity index (χ1n) is 8.54. The van der Waals surface area contributed by atoms with Crippen molar-refractivity contribution in [2.75, 3.05) is 16.8 Å². The quantitative estimate of drug-likeness (QED) is 0.742. The Bertz CT molecular complexity index is 923. The van der Waals surface area contributed by atoms with E-state index < -0.39 is 0 Å². The van der Waals surface area contributed by atoms with Gasteiger partial charge in [0.05, 0.1) is 11.9 Å².